The molecule has 0 saturated heterocycles. The number of ether oxygens (including phenoxy) is 1. The lowest BCUT2D eigenvalue weighted by Crippen LogP contribution is -2.14. The van der Waals surface area contributed by atoms with Gasteiger partial charge in [0.05, 0.1) is 5.69 Å². The van der Waals surface area contributed by atoms with Gasteiger partial charge in [-0.2, -0.15) is 9.50 Å². The molecule has 0 aromatic carbocycles. The number of carbonyl (C=O) groups excluding carboxylic acids is 1. The minimum Gasteiger partial charge on any atom is -0.457 e. The van der Waals surface area contributed by atoms with Crippen LogP contribution < -0.4 is 0 Å². The average Bonchev–Trinajstić information content (AvgIpc) is 2.80. The van der Waals surface area contributed by atoms with E-state index in [-0.39, 0.29) is 12.3 Å². The van der Waals surface area contributed by atoms with Gasteiger partial charge in [0.15, 0.2) is 5.69 Å². The van der Waals surface area contributed by atoms with Gasteiger partial charge in [-0.05, 0) is 13.2 Å². The Balaban J connectivity index is 2.43. The Morgan fingerprint density at radius 2 is 2.33 bits per heavy atom. The van der Waals surface area contributed by atoms with Crippen LogP contribution in [0.2, 0.25) is 0 Å². The number of hydrogen-bond donors (Lipinski definition) is 0. The molecule has 0 unspecified atom stereocenters. The molecule has 8 heteroatoms. The van der Waals surface area contributed by atoms with Gasteiger partial charge in [0.1, 0.15) is 6.61 Å². The molecule has 2 heterocycles. The fraction of sp³-hybridized carbons (Fsp3) is 0.300. The Bertz CT molecular complexity index is 610. The van der Waals surface area contributed by atoms with E-state index in [0.717, 1.165) is 0 Å². The molecule has 0 aliphatic rings. The highest BCUT2D eigenvalue weighted by atomic mass is 32.2. The molecule has 0 amide bonds. The van der Waals surface area contributed by atoms with Crippen LogP contribution in [0.1, 0.15) is 16.2 Å². The molecule has 18 heavy (non-hydrogen) atoms. The largest absolute Gasteiger partial charge is 0.457 e. The molecular formula is C10H11N5O2S. The van der Waals surface area contributed by atoms with Gasteiger partial charge in [0.25, 0.3) is 5.78 Å². The highest BCUT2D eigenvalue weighted by molar-refractivity contribution is 7.98. The highest BCUT2D eigenvalue weighted by Crippen LogP contribution is 2.12. The topological polar surface area (TPSA) is 82.3 Å². The zero-order valence-corrected chi connectivity index (χ0v) is 10.8. The molecule has 0 spiro atoms. The number of nitrogens with zero attached hydrogens (tertiary/aromatic N) is 5. The summed E-state index contributed by atoms with van der Waals surface area (Å²) >= 11 is 1.39. The number of carbonyl (C=O) groups is 1. The molecular weight excluding hydrogens is 254 g/mol. The van der Waals surface area contributed by atoms with Crippen molar-refractivity contribution in [3.8, 4) is 0 Å². The highest BCUT2D eigenvalue weighted by Gasteiger charge is 2.17. The Hall–Kier alpha value is -1.96. The van der Waals surface area contributed by atoms with Crippen molar-refractivity contribution in [2.45, 2.75) is 12.1 Å². The number of thioether (sulfide) groups is 1. The monoisotopic (exact) mass is 265 g/mol. The molecule has 0 bridgehead atoms. The van der Waals surface area contributed by atoms with Crippen LogP contribution in [0.25, 0.3) is 5.78 Å². The lowest BCUT2D eigenvalue weighted by molar-refractivity contribution is 0.0539. The zero-order valence-electron chi connectivity index (χ0n) is 9.95. The van der Waals surface area contributed by atoms with Crippen molar-refractivity contribution >= 4 is 23.5 Å². The Morgan fingerprint density at radius 3 is 3.00 bits per heavy atom. The molecule has 2 aromatic rings. The maximum absolute atomic E-state index is 11.7. The summed E-state index contributed by atoms with van der Waals surface area (Å²) in [4.78, 5) is 15.8. The van der Waals surface area contributed by atoms with Gasteiger partial charge in [-0.25, -0.2) is 4.79 Å². The first-order chi connectivity index (χ1) is 8.67. The fourth-order valence-electron chi connectivity index (χ4n) is 1.32. The predicted octanol–water partition coefficient (Wildman–Crippen LogP) is 0.892. The minimum absolute atomic E-state index is 0.127. The van der Waals surface area contributed by atoms with Crippen LogP contribution in [-0.2, 0) is 4.74 Å². The summed E-state index contributed by atoms with van der Waals surface area (Å²) in [6, 6.07) is 0. The van der Waals surface area contributed by atoms with Gasteiger partial charge < -0.3 is 4.74 Å². The van der Waals surface area contributed by atoms with E-state index >= 15 is 0 Å². The SMILES string of the molecule is C=CCOC(=O)c1nnc2nc(SC)nn2c1C. The Labute approximate surface area is 107 Å². The molecule has 0 N–H and O–H groups in total. The molecule has 0 aliphatic carbocycles. The van der Waals surface area contributed by atoms with Crippen LogP contribution in [0, 0.1) is 6.92 Å². The fourth-order valence-corrected chi connectivity index (χ4v) is 1.66. The summed E-state index contributed by atoms with van der Waals surface area (Å²) in [6.07, 6.45) is 3.34. The van der Waals surface area contributed by atoms with Crippen LogP contribution in [0.3, 0.4) is 0 Å². The second-order valence-electron chi connectivity index (χ2n) is 3.33. The standard InChI is InChI=1S/C10H11N5O2S/c1-4-5-17-8(16)7-6(2)15-9(13-12-7)11-10(14-15)18-3/h4H,1,5H2,2-3H3. The molecule has 0 fully saturated rings. The van der Waals surface area contributed by atoms with Gasteiger partial charge in [0.2, 0.25) is 5.16 Å². The van der Waals surface area contributed by atoms with E-state index in [0.29, 0.717) is 16.6 Å². The minimum atomic E-state index is -0.553. The lowest BCUT2D eigenvalue weighted by atomic mass is 10.3. The number of aryl methyl sites for hydroxylation is 1. The van der Waals surface area contributed by atoms with E-state index in [1.807, 2.05) is 6.26 Å². The molecule has 0 radical (unpaired) electrons. The molecule has 0 aliphatic heterocycles. The Morgan fingerprint density at radius 1 is 1.56 bits per heavy atom. The third-order valence-electron chi connectivity index (χ3n) is 2.18. The van der Waals surface area contributed by atoms with E-state index in [1.54, 1.807) is 6.92 Å². The summed E-state index contributed by atoms with van der Waals surface area (Å²) in [5, 5.41) is 12.4. The van der Waals surface area contributed by atoms with Crippen molar-refractivity contribution in [1.82, 2.24) is 24.8 Å². The quantitative estimate of drug-likeness (QED) is 0.461. The van der Waals surface area contributed by atoms with Gasteiger partial charge in [0, 0.05) is 0 Å². The molecule has 2 aromatic heterocycles. The zero-order chi connectivity index (χ0) is 13.1. The van der Waals surface area contributed by atoms with Crippen molar-refractivity contribution < 1.29 is 9.53 Å². The van der Waals surface area contributed by atoms with E-state index in [4.69, 9.17) is 4.74 Å². The van der Waals surface area contributed by atoms with Crippen molar-refractivity contribution in [2.24, 2.45) is 0 Å². The normalized spacial score (nSPS) is 10.6. The maximum Gasteiger partial charge on any atom is 0.361 e. The molecule has 2 rings (SSSR count). The first-order valence-electron chi connectivity index (χ1n) is 5.09. The van der Waals surface area contributed by atoms with Crippen molar-refractivity contribution in [2.75, 3.05) is 12.9 Å². The van der Waals surface area contributed by atoms with Crippen molar-refractivity contribution in [3.63, 3.8) is 0 Å². The van der Waals surface area contributed by atoms with E-state index < -0.39 is 5.97 Å². The summed E-state index contributed by atoms with van der Waals surface area (Å²) < 4.78 is 6.39. The van der Waals surface area contributed by atoms with Crippen LogP contribution in [0.4, 0.5) is 0 Å². The molecule has 0 atom stereocenters. The van der Waals surface area contributed by atoms with Gasteiger partial charge in [-0.15, -0.1) is 15.3 Å². The van der Waals surface area contributed by atoms with Gasteiger partial charge in [-0.1, -0.05) is 24.4 Å². The molecule has 94 valence electrons. The summed E-state index contributed by atoms with van der Waals surface area (Å²) in [5.41, 5.74) is 0.670. The molecule has 0 saturated carbocycles. The van der Waals surface area contributed by atoms with E-state index in [2.05, 4.69) is 26.9 Å². The van der Waals surface area contributed by atoms with E-state index in [1.165, 1.54) is 22.4 Å². The number of esters is 1. The van der Waals surface area contributed by atoms with Gasteiger partial charge >= 0.3 is 5.97 Å². The lowest BCUT2D eigenvalue weighted by Gasteiger charge is -2.03. The Kier molecular flexibility index (Phi) is 3.56. The summed E-state index contributed by atoms with van der Waals surface area (Å²) in [7, 11) is 0. The average molecular weight is 265 g/mol. The second-order valence-corrected chi connectivity index (χ2v) is 4.10. The number of hydrogen-bond acceptors (Lipinski definition) is 7. The van der Waals surface area contributed by atoms with Crippen molar-refractivity contribution in [1.29, 1.82) is 0 Å². The van der Waals surface area contributed by atoms with Gasteiger partial charge in [-0.3, -0.25) is 0 Å². The third-order valence-corrected chi connectivity index (χ3v) is 2.72. The molecule has 7 nitrogen and oxygen atoms in total. The van der Waals surface area contributed by atoms with Crippen LogP contribution in [0.5, 0.6) is 0 Å². The summed E-state index contributed by atoms with van der Waals surface area (Å²) in [6.45, 7) is 5.31. The smallest absolute Gasteiger partial charge is 0.361 e. The maximum atomic E-state index is 11.7. The summed E-state index contributed by atoms with van der Waals surface area (Å²) in [5.74, 6) is -0.194. The van der Waals surface area contributed by atoms with E-state index in [9.17, 15) is 4.79 Å². The van der Waals surface area contributed by atoms with Crippen LogP contribution >= 0.6 is 11.8 Å². The number of aromatic nitrogens is 5. The number of rotatable bonds is 4. The third kappa shape index (κ3) is 2.19. The first-order valence-corrected chi connectivity index (χ1v) is 6.32. The predicted molar refractivity (Wildman–Crippen MR) is 65.6 cm³/mol. The number of fused-ring (bicyclic) bond motifs is 1. The second kappa shape index (κ2) is 5.13. The van der Waals surface area contributed by atoms with Crippen LogP contribution in [0.15, 0.2) is 17.8 Å². The van der Waals surface area contributed by atoms with Crippen molar-refractivity contribution in [3.05, 3.63) is 24.0 Å². The van der Waals surface area contributed by atoms with Crippen LogP contribution in [-0.4, -0.2) is 43.6 Å². The first kappa shape index (κ1) is 12.5.